The van der Waals surface area contributed by atoms with Crippen molar-refractivity contribution in [1.82, 2.24) is 9.97 Å². The lowest BCUT2D eigenvalue weighted by molar-refractivity contribution is 0.486. The molecule has 1 saturated carbocycles. The highest BCUT2D eigenvalue weighted by Crippen LogP contribution is 2.33. The topological polar surface area (TPSA) is 50.2 Å². The Morgan fingerprint density at radius 3 is 2.62 bits per heavy atom. The van der Waals surface area contributed by atoms with Gasteiger partial charge in [-0.1, -0.05) is 20.3 Å². The Labute approximate surface area is 129 Å². The first-order valence-corrected chi connectivity index (χ1v) is 8.43. The molecule has 1 fully saturated rings. The minimum Gasteiger partial charge on any atom is -0.261 e. The van der Waals surface area contributed by atoms with Gasteiger partial charge in [0, 0.05) is 10.6 Å². The van der Waals surface area contributed by atoms with E-state index in [-0.39, 0.29) is 0 Å². The number of hydrogen-bond donors (Lipinski definition) is 1. The van der Waals surface area contributed by atoms with Crippen LogP contribution in [0.15, 0.2) is 11.4 Å². The average Bonchev–Trinajstić information content (AvgIpc) is 2.74. The maximum Gasteiger partial charge on any atom is 0.158 e. The van der Waals surface area contributed by atoms with E-state index >= 15 is 0 Å². The molecule has 2 aromatic rings. The first-order chi connectivity index (χ1) is 10.1. The Bertz CT molecular complexity index is 677. The lowest BCUT2D eigenvalue weighted by Crippen LogP contribution is -2.25. The van der Waals surface area contributed by atoms with Crippen molar-refractivity contribution in [3.8, 4) is 0 Å². The van der Waals surface area contributed by atoms with Crippen LogP contribution >= 0.6 is 11.3 Å². The van der Waals surface area contributed by atoms with Gasteiger partial charge >= 0.3 is 0 Å². The first-order valence-electron chi connectivity index (χ1n) is 7.62. The number of anilines is 1. The molecule has 1 aliphatic rings. The monoisotopic (exact) mass is 302 g/mol. The average molecular weight is 302 g/mol. The third-order valence-electron chi connectivity index (χ3n) is 4.54. The van der Waals surface area contributed by atoms with Gasteiger partial charge in [0.25, 0.3) is 0 Å². The SMILES string of the molecule is Cc1sc2ncnc(NN=C3[C@@H](C)CCC[C@@H]3C)c2c1C. The largest absolute Gasteiger partial charge is 0.261 e. The third kappa shape index (κ3) is 2.67. The molecule has 0 saturated heterocycles. The fourth-order valence-electron chi connectivity index (χ4n) is 3.12. The second-order valence-corrected chi connectivity index (χ2v) is 7.27. The van der Waals surface area contributed by atoms with Crippen molar-refractivity contribution in [1.29, 1.82) is 0 Å². The van der Waals surface area contributed by atoms with Crippen LogP contribution in [0.5, 0.6) is 0 Å². The van der Waals surface area contributed by atoms with Crippen molar-refractivity contribution >= 4 is 33.1 Å². The summed E-state index contributed by atoms with van der Waals surface area (Å²) in [6, 6.07) is 0. The van der Waals surface area contributed by atoms with Crippen molar-refractivity contribution in [2.24, 2.45) is 16.9 Å². The number of hydrogen-bond acceptors (Lipinski definition) is 5. The van der Waals surface area contributed by atoms with Crippen LogP contribution in [-0.4, -0.2) is 15.7 Å². The van der Waals surface area contributed by atoms with Crippen LogP contribution in [0.3, 0.4) is 0 Å². The molecule has 0 unspecified atom stereocenters. The summed E-state index contributed by atoms with van der Waals surface area (Å²) in [5, 5.41) is 5.81. The summed E-state index contributed by atoms with van der Waals surface area (Å²) in [6.45, 7) is 8.79. The second-order valence-electron chi connectivity index (χ2n) is 6.07. The van der Waals surface area contributed by atoms with Gasteiger partial charge in [0.05, 0.1) is 5.39 Å². The molecule has 2 heterocycles. The minimum atomic E-state index is 0.559. The van der Waals surface area contributed by atoms with Gasteiger partial charge in [-0.15, -0.1) is 11.3 Å². The normalized spacial score (nSPS) is 22.6. The van der Waals surface area contributed by atoms with Crippen molar-refractivity contribution in [2.45, 2.75) is 47.0 Å². The van der Waals surface area contributed by atoms with Crippen molar-refractivity contribution in [3.63, 3.8) is 0 Å². The molecule has 112 valence electrons. The summed E-state index contributed by atoms with van der Waals surface area (Å²) in [6.07, 6.45) is 5.40. The molecule has 5 heteroatoms. The highest BCUT2D eigenvalue weighted by atomic mass is 32.1. The van der Waals surface area contributed by atoms with Gasteiger partial charge in [-0.3, -0.25) is 5.43 Å². The van der Waals surface area contributed by atoms with Gasteiger partial charge in [-0.25, -0.2) is 9.97 Å². The molecular formula is C16H22N4S. The molecule has 2 atom stereocenters. The molecule has 0 aliphatic heterocycles. The Morgan fingerprint density at radius 1 is 1.19 bits per heavy atom. The quantitative estimate of drug-likeness (QED) is 0.829. The van der Waals surface area contributed by atoms with Gasteiger partial charge in [0.1, 0.15) is 11.2 Å². The van der Waals surface area contributed by atoms with Gasteiger partial charge in [0.2, 0.25) is 0 Å². The van der Waals surface area contributed by atoms with E-state index in [1.54, 1.807) is 17.7 Å². The number of fused-ring (bicyclic) bond motifs is 1. The van der Waals surface area contributed by atoms with Crippen LogP contribution in [-0.2, 0) is 0 Å². The van der Waals surface area contributed by atoms with Crippen LogP contribution in [0.1, 0.15) is 43.6 Å². The maximum absolute atomic E-state index is 4.70. The van der Waals surface area contributed by atoms with Crippen molar-refractivity contribution in [3.05, 3.63) is 16.8 Å². The van der Waals surface area contributed by atoms with Gasteiger partial charge in [0.15, 0.2) is 5.82 Å². The van der Waals surface area contributed by atoms with Crippen LogP contribution in [0.4, 0.5) is 5.82 Å². The highest BCUT2D eigenvalue weighted by Gasteiger charge is 2.23. The number of hydrazone groups is 1. The second kappa shape index (κ2) is 5.72. The zero-order valence-electron chi connectivity index (χ0n) is 13.1. The number of aromatic nitrogens is 2. The molecule has 21 heavy (non-hydrogen) atoms. The highest BCUT2D eigenvalue weighted by molar-refractivity contribution is 7.18. The van der Waals surface area contributed by atoms with Crippen LogP contribution in [0.2, 0.25) is 0 Å². The summed E-state index contributed by atoms with van der Waals surface area (Å²) in [4.78, 5) is 11.1. The Kier molecular flexibility index (Phi) is 3.93. The molecule has 2 aromatic heterocycles. The molecular weight excluding hydrogens is 280 g/mol. The lowest BCUT2D eigenvalue weighted by Gasteiger charge is -2.26. The summed E-state index contributed by atoms with van der Waals surface area (Å²) in [5.41, 5.74) is 5.74. The maximum atomic E-state index is 4.70. The number of aryl methyl sites for hydroxylation is 2. The van der Waals surface area contributed by atoms with E-state index in [4.69, 9.17) is 5.10 Å². The number of rotatable bonds is 2. The van der Waals surface area contributed by atoms with E-state index in [0.29, 0.717) is 11.8 Å². The van der Waals surface area contributed by atoms with E-state index in [1.807, 2.05) is 0 Å². The summed E-state index contributed by atoms with van der Waals surface area (Å²) < 4.78 is 0. The molecule has 0 bridgehead atoms. The predicted octanol–water partition coefficient (Wildman–Crippen LogP) is 4.53. The standard InChI is InChI=1S/C16H22N4S/c1-9-6-5-7-10(2)14(9)19-20-15-13-11(3)12(4)21-16(13)18-8-17-15/h8-10H,5-7H2,1-4H3,(H,17,18,20)/t9-,10-/m0/s1. The van der Waals surface area contributed by atoms with E-state index < -0.39 is 0 Å². The number of nitrogens with one attached hydrogen (secondary N) is 1. The van der Waals surface area contributed by atoms with Gasteiger partial charge < -0.3 is 0 Å². The van der Waals surface area contributed by atoms with E-state index in [0.717, 1.165) is 16.0 Å². The zero-order valence-corrected chi connectivity index (χ0v) is 13.9. The van der Waals surface area contributed by atoms with Gasteiger partial charge in [-0.2, -0.15) is 5.10 Å². The Morgan fingerprint density at radius 2 is 1.90 bits per heavy atom. The molecule has 1 aliphatic carbocycles. The first kappa shape index (κ1) is 14.4. The summed E-state index contributed by atoms with van der Waals surface area (Å²) in [7, 11) is 0. The third-order valence-corrected chi connectivity index (χ3v) is 5.66. The smallest absolute Gasteiger partial charge is 0.158 e. The van der Waals surface area contributed by atoms with E-state index in [9.17, 15) is 0 Å². The van der Waals surface area contributed by atoms with Crippen molar-refractivity contribution in [2.75, 3.05) is 5.43 Å². The predicted molar refractivity (Wildman–Crippen MR) is 90.1 cm³/mol. The van der Waals surface area contributed by atoms with Gasteiger partial charge in [-0.05, 0) is 44.1 Å². The molecule has 0 amide bonds. The van der Waals surface area contributed by atoms with Crippen molar-refractivity contribution < 1.29 is 0 Å². The van der Waals surface area contributed by atoms with Crippen LogP contribution in [0.25, 0.3) is 10.2 Å². The Balaban J connectivity index is 1.95. The van der Waals surface area contributed by atoms with Crippen LogP contribution < -0.4 is 5.43 Å². The number of thiophene rings is 1. The van der Waals surface area contributed by atoms with E-state index in [2.05, 4.69) is 43.1 Å². The molecule has 4 nitrogen and oxygen atoms in total. The fourth-order valence-corrected chi connectivity index (χ4v) is 4.11. The van der Waals surface area contributed by atoms with Crippen LogP contribution in [0, 0.1) is 25.7 Å². The molecule has 0 spiro atoms. The fraction of sp³-hybridized carbons (Fsp3) is 0.562. The van der Waals surface area contributed by atoms with E-state index in [1.165, 1.54) is 35.4 Å². The minimum absolute atomic E-state index is 0.559. The molecule has 0 aromatic carbocycles. The molecule has 1 N–H and O–H groups in total. The Hall–Kier alpha value is -1.49. The summed E-state index contributed by atoms with van der Waals surface area (Å²) in [5.74, 6) is 1.95. The summed E-state index contributed by atoms with van der Waals surface area (Å²) >= 11 is 1.72. The molecule has 0 radical (unpaired) electrons. The lowest BCUT2D eigenvalue weighted by atomic mass is 9.81. The number of nitrogens with zero attached hydrogens (tertiary/aromatic N) is 3. The molecule has 3 rings (SSSR count). The zero-order chi connectivity index (χ0) is 15.0.